The summed E-state index contributed by atoms with van der Waals surface area (Å²) in [5.41, 5.74) is 1.36. The highest BCUT2D eigenvalue weighted by Gasteiger charge is 2.48. The number of piperidine rings is 1. The molecule has 0 aromatic heterocycles. The SMILES string of the molecule is COc1cccc(C(=O)N2CCCC3(C2)OC(=O)c2ccccc23)c1. The number of hydrogen-bond acceptors (Lipinski definition) is 4. The van der Waals surface area contributed by atoms with Crippen molar-refractivity contribution in [1.82, 2.24) is 4.90 Å². The van der Waals surface area contributed by atoms with E-state index in [0.717, 1.165) is 18.4 Å². The maximum Gasteiger partial charge on any atom is 0.339 e. The van der Waals surface area contributed by atoms with Gasteiger partial charge in [0.1, 0.15) is 5.75 Å². The van der Waals surface area contributed by atoms with Crippen LogP contribution in [0.15, 0.2) is 48.5 Å². The molecule has 1 atom stereocenters. The summed E-state index contributed by atoms with van der Waals surface area (Å²) >= 11 is 0. The molecular formula is C20H19NO4. The number of benzene rings is 2. The van der Waals surface area contributed by atoms with E-state index < -0.39 is 5.60 Å². The van der Waals surface area contributed by atoms with Gasteiger partial charge in [0, 0.05) is 17.7 Å². The molecule has 2 aliphatic heterocycles. The van der Waals surface area contributed by atoms with Gasteiger partial charge in [-0.1, -0.05) is 24.3 Å². The lowest BCUT2D eigenvalue weighted by atomic mass is 9.85. The molecule has 5 nitrogen and oxygen atoms in total. The molecule has 4 rings (SSSR count). The van der Waals surface area contributed by atoms with Crippen molar-refractivity contribution in [3.05, 3.63) is 65.2 Å². The minimum Gasteiger partial charge on any atom is -0.497 e. The molecule has 128 valence electrons. The standard InChI is InChI=1S/C20H19NO4/c1-24-15-7-4-6-14(12-15)18(22)21-11-5-10-20(13-21)17-9-3-2-8-16(17)19(23)25-20/h2-4,6-9,12H,5,10-11,13H2,1H3. The zero-order valence-electron chi connectivity index (χ0n) is 14.0. The Morgan fingerprint density at radius 1 is 1.20 bits per heavy atom. The van der Waals surface area contributed by atoms with E-state index in [1.165, 1.54) is 0 Å². The van der Waals surface area contributed by atoms with Crippen LogP contribution in [-0.4, -0.2) is 37.0 Å². The maximum atomic E-state index is 12.9. The molecule has 1 amide bonds. The van der Waals surface area contributed by atoms with Crippen molar-refractivity contribution >= 4 is 11.9 Å². The third-order valence-electron chi connectivity index (χ3n) is 4.98. The van der Waals surface area contributed by atoms with Gasteiger partial charge < -0.3 is 14.4 Å². The molecule has 2 aromatic rings. The van der Waals surface area contributed by atoms with Crippen molar-refractivity contribution in [3.8, 4) is 5.75 Å². The Labute approximate surface area is 146 Å². The first-order valence-corrected chi connectivity index (χ1v) is 8.39. The Balaban J connectivity index is 1.64. The number of methoxy groups -OCH3 is 1. The van der Waals surface area contributed by atoms with E-state index in [-0.39, 0.29) is 11.9 Å². The van der Waals surface area contributed by atoms with Crippen molar-refractivity contribution in [2.45, 2.75) is 18.4 Å². The number of ether oxygens (including phenoxy) is 2. The average Bonchev–Trinajstić information content (AvgIpc) is 2.93. The molecule has 1 fully saturated rings. The molecule has 2 aliphatic rings. The first-order valence-electron chi connectivity index (χ1n) is 8.39. The first kappa shape index (κ1) is 15.7. The average molecular weight is 337 g/mol. The van der Waals surface area contributed by atoms with Crippen LogP contribution in [0, 0.1) is 0 Å². The lowest BCUT2D eigenvalue weighted by Crippen LogP contribution is -2.48. The Bertz CT molecular complexity index is 847. The fourth-order valence-electron chi connectivity index (χ4n) is 3.78. The van der Waals surface area contributed by atoms with Crippen molar-refractivity contribution in [2.75, 3.05) is 20.2 Å². The van der Waals surface area contributed by atoms with E-state index in [2.05, 4.69) is 0 Å². The van der Waals surface area contributed by atoms with Gasteiger partial charge in [-0.3, -0.25) is 4.79 Å². The lowest BCUT2D eigenvalue weighted by molar-refractivity contribution is -0.0442. The molecule has 0 N–H and O–H groups in total. The maximum absolute atomic E-state index is 12.9. The molecule has 25 heavy (non-hydrogen) atoms. The van der Waals surface area contributed by atoms with Gasteiger partial charge in [-0.15, -0.1) is 0 Å². The Kier molecular flexibility index (Phi) is 3.71. The summed E-state index contributed by atoms with van der Waals surface area (Å²) < 4.78 is 11.0. The largest absolute Gasteiger partial charge is 0.497 e. The molecule has 1 saturated heterocycles. The minimum absolute atomic E-state index is 0.0709. The Morgan fingerprint density at radius 2 is 2.04 bits per heavy atom. The van der Waals surface area contributed by atoms with E-state index in [1.54, 1.807) is 36.3 Å². The quantitative estimate of drug-likeness (QED) is 0.791. The molecule has 1 unspecified atom stereocenters. The lowest BCUT2D eigenvalue weighted by Gasteiger charge is -2.39. The van der Waals surface area contributed by atoms with Gasteiger partial charge in [-0.25, -0.2) is 4.79 Å². The van der Waals surface area contributed by atoms with Crippen LogP contribution in [0.25, 0.3) is 0 Å². The molecule has 2 aromatic carbocycles. The number of fused-ring (bicyclic) bond motifs is 2. The molecule has 2 heterocycles. The topological polar surface area (TPSA) is 55.8 Å². The smallest absolute Gasteiger partial charge is 0.339 e. The number of nitrogens with zero attached hydrogens (tertiary/aromatic N) is 1. The van der Waals surface area contributed by atoms with Gasteiger partial charge in [0.05, 0.1) is 19.2 Å². The number of carbonyl (C=O) groups is 2. The van der Waals surface area contributed by atoms with Crippen LogP contribution in [0.4, 0.5) is 0 Å². The summed E-state index contributed by atoms with van der Waals surface area (Å²) in [6.07, 6.45) is 1.52. The van der Waals surface area contributed by atoms with Crippen LogP contribution in [0.2, 0.25) is 0 Å². The predicted molar refractivity (Wildman–Crippen MR) is 91.7 cm³/mol. The second-order valence-corrected chi connectivity index (χ2v) is 6.49. The van der Waals surface area contributed by atoms with Crippen LogP contribution in [0.5, 0.6) is 5.75 Å². The molecule has 5 heteroatoms. The molecule has 0 aliphatic carbocycles. The van der Waals surface area contributed by atoms with Crippen LogP contribution < -0.4 is 4.74 Å². The zero-order chi connectivity index (χ0) is 17.4. The van der Waals surface area contributed by atoms with Gasteiger partial charge in [0.25, 0.3) is 5.91 Å². The van der Waals surface area contributed by atoms with Gasteiger partial charge in [0.15, 0.2) is 5.60 Å². The second kappa shape index (κ2) is 5.92. The monoisotopic (exact) mass is 337 g/mol. The fraction of sp³-hybridized carbons (Fsp3) is 0.300. The number of esters is 1. The van der Waals surface area contributed by atoms with Crippen LogP contribution in [-0.2, 0) is 10.3 Å². The normalized spacial score (nSPS) is 21.8. The van der Waals surface area contributed by atoms with Gasteiger partial charge in [-0.2, -0.15) is 0 Å². The van der Waals surface area contributed by atoms with Gasteiger partial charge in [0.2, 0.25) is 0 Å². The molecule has 1 spiro atoms. The highest BCUT2D eigenvalue weighted by atomic mass is 16.6. The van der Waals surface area contributed by atoms with Crippen LogP contribution >= 0.6 is 0 Å². The highest BCUT2D eigenvalue weighted by Crippen LogP contribution is 2.43. The number of carbonyl (C=O) groups excluding carboxylic acids is 2. The van der Waals surface area contributed by atoms with Crippen molar-refractivity contribution in [3.63, 3.8) is 0 Å². The predicted octanol–water partition coefficient (Wildman–Crippen LogP) is 3.00. The van der Waals surface area contributed by atoms with Crippen molar-refractivity contribution < 1.29 is 19.1 Å². The second-order valence-electron chi connectivity index (χ2n) is 6.49. The van der Waals surface area contributed by atoms with Crippen LogP contribution in [0.1, 0.15) is 39.1 Å². The fourth-order valence-corrected chi connectivity index (χ4v) is 3.78. The van der Waals surface area contributed by atoms with E-state index in [9.17, 15) is 9.59 Å². The third-order valence-corrected chi connectivity index (χ3v) is 4.98. The van der Waals surface area contributed by atoms with Crippen molar-refractivity contribution in [1.29, 1.82) is 0 Å². The summed E-state index contributed by atoms with van der Waals surface area (Å²) in [4.78, 5) is 26.9. The number of hydrogen-bond donors (Lipinski definition) is 0. The Hall–Kier alpha value is -2.82. The summed E-state index contributed by atoms with van der Waals surface area (Å²) in [6, 6.07) is 14.6. The molecular weight excluding hydrogens is 318 g/mol. The summed E-state index contributed by atoms with van der Waals surface area (Å²) in [6.45, 7) is 1.03. The summed E-state index contributed by atoms with van der Waals surface area (Å²) in [5, 5.41) is 0. The molecule has 0 saturated carbocycles. The van der Waals surface area contributed by atoms with Crippen LogP contribution in [0.3, 0.4) is 0 Å². The van der Waals surface area contributed by atoms with E-state index in [4.69, 9.17) is 9.47 Å². The van der Waals surface area contributed by atoms with Gasteiger partial charge >= 0.3 is 5.97 Å². The molecule has 0 bridgehead atoms. The third kappa shape index (κ3) is 2.56. The zero-order valence-corrected chi connectivity index (χ0v) is 14.0. The van der Waals surface area contributed by atoms with Crippen molar-refractivity contribution in [2.24, 2.45) is 0 Å². The van der Waals surface area contributed by atoms with E-state index in [0.29, 0.717) is 30.0 Å². The number of likely N-dealkylation sites (tertiary alicyclic amines) is 1. The minimum atomic E-state index is -0.722. The first-order chi connectivity index (χ1) is 12.1. The summed E-state index contributed by atoms with van der Waals surface area (Å²) in [7, 11) is 1.58. The summed E-state index contributed by atoms with van der Waals surface area (Å²) in [5.74, 6) is 0.278. The Morgan fingerprint density at radius 3 is 2.88 bits per heavy atom. The highest BCUT2D eigenvalue weighted by molar-refractivity contribution is 5.96. The number of amides is 1. The van der Waals surface area contributed by atoms with E-state index >= 15 is 0 Å². The van der Waals surface area contributed by atoms with E-state index in [1.807, 2.05) is 24.3 Å². The molecule has 0 radical (unpaired) electrons. The number of rotatable bonds is 2. The van der Waals surface area contributed by atoms with Gasteiger partial charge in [-0.05, 0) is 37.1 Å².